The van der Waals surface area contributed by atoms with Crippen molar-refractivity contribution in [3.05, 3.63) is 47.1 Å². The number of carbonyl (C=O) groups excluding carboxylic acids is 1. The highest BCUT2D eigenvalue weighted by Gasteiger charge is 2.32. The van der Waals surface area contributed by atoms with Gasteiger partial charge in [0.2, 0.25) is 11.9 Å². The molecule has 9 nitrogen and oxygen atoms in total. The standard InChI is InChI=1S/C21H19N7O2/c1-12(29)26-8-9-27-19(13-2-5-16-15(10-13)20(30)23-11-22-16)18(24-21(26)27)17-6-7-28(25-17)14-3-4-14/h2,5-7,10-11,14H,3-4,8-9H2,1H3,(H,22,23,30). The molecule has 1 aromatic carbocycles. The summed E-state index contributed by atoms with van der Waals surface area (Å²) < 4.78 is 4.03. The Labute approximate surface area is 171 Å². The SMILES string of the molecule is CC(=O)N1CCn2c1nc(-c1ccn(C3CC3)n1)c2-c1ccc2nc[nH]c(=O)c2c1. The van der Waals surface area contributed by atoms with E-state index in [1.165, 1.54) is 6.33 Å². The zero-order chi connectivity index (χ0) is 20.4. The second-order valence-corrected chi connectivity index (χ2v) is 7.81. The third-order valence-corrected chi connectivity index (χ3v) is 5.80. The van der Waals surface area contributed by atoms with Crippen molar-refractivity contribution >= 4 is 22.8 Å². The average molecular weight is 401 g/mol. The van der Waals surface area contributed by atoms with Gasteiger partial charge in [-0.05, 0) is 31.0 Å². The summed E-state index contributed by atoms with van der Waals surface area (Å²) in [7, 11) is 0. The zero-order valence-electron chi connectivity index (χ0n) is 16.4. The van der Waals surface area contributed by atoms with Crippen molar-refractivity contribution in [2.75, 3.05) is 11.4 Å². The molecule has 4 aromatic rings. The van der Waals surface area contributed by atoms with Gasteiger partial charge >= 0.3 is 0 Å². The molecule has 0 atom stereocenters. The van der Waals surface area contributed by atoms with Crippen LogP contribution in [-0.2, 0) is 11.3 Å². The molecule has 2 aliphatic rings. The van der Waals surface area contributed by atoms with Crippen LogP contribution in [0.3, 0.4) is 0 Å². The highest BCUT2D eigenvalue weighted by Crippen LogP contribution is 2.39. The van der Waals surface area contributed by atoms with Crippen LogP contribution < -0.4 is 10.5 Å². The first-order chi connectivity index (χ1) is 14.6. The maximum absolute atomic E-state index is 12.3. The zero-order valence-corrected chi connectivity index (χ0v) is 16.4. The lowest BCUT2D eigenvalue weighted by Crippen LogP contribution is -2.26. The van der Waals surface area contributed by atoms with Crippen LogP contribution >= 0.6 is 0 Å². The second-order valence-electron chi connectivity index (χ2n) is 7.81. The van der Waals surface area contributed by atoms with E-state index in [2.05, 4.69) is 9.97 Å². The maximum Gasteiger partial charge on any atom is 0.258 e. The molecule has 0 unspecified atom stereocenters. The van der Waals surface area contributed by atoms with Crippen molar-refractivity contribution in [3.63, 3.8) is 0 Å². The molecule has 1 amide bonds. The Morgan fingerprint density at radius 1 is 1.20 bits per heavy atom. The summed E-state index contributed by atoms with van der Waals surface area (Å²) in [6.45, 7) is 2.77. The predicted molar refractivity (Wildman–Crippen MR) is 111 cm³/mol. The van der Waals surface area contributed by atoms with Crippen molar-refractivity contribution in [1.82, 2.24) is 29.3 Å². The van der Waals surface area contributed by atoms with Gasteiger partial charge in [-0.1, -0.05) is 6.07 Å². The largest absolute Gasteiger partial charge is 0.313 e. The van der Waals surface area contributed by atoms with Crippen LogP contribution in [0, 0.1) is 0 Å². The van der Waals surface area contributed by atoms with Crippen LogP contribution in [0.1, 0.15) is 25.8 Å². The number of nitrogens with one attached hydrogen (secondary N) is 1. The number of rotatable bonds is 3. The van der Waals surface area contributed by atoms with Gasteiger partial charge in [-0.15, -0.1) is 0 Å². The molecule has 0 spiro atoms. The molecule has 1 aliphatic heterocycles. The van der Waals surface area contributed by atoms with Gasteiger partial charge in [0.05, 0.1) is 29.0 Å². The lowest BCUT2D eigenvalue weighted by atomic mass is 10.1. The van der Waals surface area contributed by atoms with Crippen LogP contribution in [0.2, 0.25) is 0 Å². The van der Waals surface area contributed by atoms with E-state index in [4.69, 9.17) is 10.1 Å². The monoisotopic (exact) mass is 401 g/mol. The van der Waals surface area contributed by atoms with Crippen molar-refractivity contribution in [2.45, 2.75) is 32.4 Å². The summed E-state index contributed by atoms with van der Waals surface area (Å²) in [6, 6.07) is 8.05. The van der Waals surface area contributed by atoms with E-state index < -0.39 is 0 Å². The van der Waals surface area contributed by atoms with Crippen molar-refractivity contribution in [3.8, 4) is 22.6 Å². The fraction of sp³-hybridized carbons (Fsp3) is 0.286. The van der Waals surface area contributed by atoms with Crippen LogP contribution in [0.4, 0.5) is 5.95 Å². The normalized spacial score (nSPS) is 15.7. The predicted octanol–water partition coefficient (Wildman–Crippen LogP) is 2.35. The molecule has 150 valence electrons. The molecule has 4 heterocycles. The van der Waals surface area contributed by atoms with Gasteiger partial charge in [0.25, 0.3) is 5.56 Å². The lowest BCUT2D eigenvalue weighted by Gasteiger charge is -2.09. The third-order valence-electron chi connectivity index (χ3n) is 5.80. The van der Waals surface area contributed by atoms with Gasteiger partial charge in [-0.25, -0.2) is 9.97 Å². The minimum atomic E-state index is -0.187. The number of aromatic nitrogens is 6. The van der Waals surface area contributed by atoms with E-state index in [9.17, 15) is 9.59 Å². The summed E-state index contributed by atoms with van der Waals surface area (Å²) >= 11 is 0. The summed E-state index contributed by atoms with van der Waals surface area (Å²) in [5.74, 6) is 0.577. The maximum atomic E-state index is 12.3. The Balaban J connectivity index is 1.58. The number of benzene rings is 1. The topological polar surface area (TPSA) is 102 Å². The summed E-state index contributed by atoms with van der Waals surface area (Å²) in [4.78, 5) is 37.8. The van der Waals surface area contributed by atoms with Crippen LogP contribution in [0.15, 0.2) is 41.6 Å². The van der Waals surface area contributed by atoms with Gasteiger partial charge in [-0.2, -0.15) is 5.10 Å². The third kappa shape index (κ3) is 2.51. The fourth-order valence-corrected chi connectivity index (χ4v) is 4.15. The molecule has 6 rings (SSSR count). The Kier molecular flexibility index (Phi) is 3.50. The van der Waals surface area contributed by atoms with Gasteiger partial charge in [0.15, 0.2) is 0 Å². The summed E-state index contributed by atoms with van der Waals surface area (Å²) in [5.41, 5.74) is 3.64. The quantitative estimate of drug-likeness (QED) is 0.568. The number of anilines is 1. The number of H-pyrrole nitrogens is 1. The summed E-state index contributed by atoms with van der Waals surface area (Å²) in [5, 5.41) is 5.26. The van der Waals surface area contributed by atoms with Crippen LogP contribution in [-0.4, -0.2) is 41.8 Å². The first-order valence-electron chi connectivity index (χ1n) is 10.0. The molecule has 3 aromatic heterocycles. The summed E-state index contributed by atoms with van der Waals surface area (Å²) in [6.07, 6.45) is 5.68. The molecule has 30 heavy (non-hydrogen) atoms. The van der Waals surface area contributed by atoms with Crippen molar-refractivity contribution < 1.29 is 4.79 Å². The molecule has 1 saturated carbocycles. The van der Waals surface area contributed by atoms with E-state index in [1.54, 1.807) is 11.8 Å². The van der Waals surface area contributed by atoms with Crippen molar-refractivity contribution in [2.24, 2.45) is 0 Å². The van der Waals surface area contributed by atoms with E-state index in [0.717, 1.165) is 35.5 Å². The molecular formula is C21H19N7O2. The van der Waals surface area contributed by atoms with Crippen LogP contribution in [0.25, 0.3) is 33.5 Å². The highest BCUT2D eigenvalue weighted by atomic mass is 16.2. The number of nitrogens with zero attached hydrogens (tertiary/aromatic N) is 6. The highest BCUT2D eigenvalue weighted by molar-refractivity contribution is 5.93. The number of carbonyl (C=O) groups is 1. The molecule has 1 fully saturated rings. The number of aromatic amines is 1. The number of fused-ring (bicyclic) bond motifs is 2. The van der Waals surface area contributed by atoms with E-state index in [-0.39, 0.29) is 11.5 Å². The van der Waals surface area contributed by atoms with Gasteiger partial charge in [0, 0.05) is 31.8 Å². The van der Waals surface area contributed by atoms with E-state index in [0.29, 0.717) is 36.0 Å². The minimum Gasteiger partial charge on any atom is -0.313 e. The van der Waals surface area contributed by atoms with E-state index >= 15 is 0 Å². The molecule has 9 heteroatoms. The van der Waals surface area contributed by atoms with Gasteiger partial charge in [0.1, 0.15) is 11.4 Å². The molecule has 1 N–H and O–H groups in total. The van der Waals surface area contributed by atoms with Crippen LogP contribution in [0.5, 0.6) is 0 Å². The number of imidazole rings is 1. The number of hydrogen-bond donors (Lipinski definition) is 1. The Morgan fingerprint density at radius 2 is 2.07 bits per heavy atom. The minimum absolute atomic E-state index is 0.0421. The first kappa shape index (κ1) is 17.1. The molecule has 1 aliphatic carbocycles. The molecular weight excluding hydrogens is 382 g/mol. The number of hydrogen-bond acceptors (Lipinski definition) is 5. The van der Waals surface area contributed by atoms with Gasteiger partial charge in [-0.3, -0.25) is 19.2 Å². The Morgan fingerprint density at radius 3 is 2.87 bits per heavy atom. The van der Waals surface area contributed by atoms with Crippen molar-refractivity contribution in [1.29, 1.82) is 0 Å². The average Bonchev–Trinajstić information content (AvgIpc) is 3.16. The fourth-order valence-electron chi connectivity index (χ4n) is 4.15. The molecule has 0 radical (unpaired) electrons. The smallest absolute Gasteiger partial charge is 0.258 e. The number of amides is 1. The second kappa shape index (κ2) is 6.12. The van der Waals surface area contributed by atoms with Gasteiger partial charge < -0.3 is 9.55 Å². The van der Waals surface area contributed by atoms with E-state index in [1.807, 2.05) is 39.7 Å². The Hall–Kier alpha value is -3.75. The molecule has 0 saturated heterocycles. The first-order valence-corrected chi connectivity index (χ1v) is 10.0. The Bertz CT molecular complexity index is 1380. The molecule has 0 bridgehead atoms. The lowest BCUT2D eigenvalue weighted by molar-refractivity contribution is -0.116.